The SMILES string of the molecule is COC1(C(=O)NCc2ccc(-n3cc(F)cn3)nc2)CCN(c2nc(C)cc(NC3CC(C)NN3)n2)CC1. The molecule has 0 saturated carbocycles. The van der Waals surface area contributed by atoms with Crippen LogP contribution in [0.15, 0.2) is 36.8 Å². The van der Waals surface area contributed by atoms with Crippen LogP contribution >= 0.6 is 0 Å². The van der Waals surface area contributed by atoms with Gasteiger partial charge >= 0.3 is 0 Å². The first-order valence-corrected chi connectivity index (χ1v) is 12.7. The number of halogens is 1. The van der Waals surface area contributed by atoms with Gasteiger partial charge in [0.1, 0.15) is 11.4 Å². The van der Waals surface area contributed by atoms with E-state index in [0.717, 1.165) is 29.7 Å². The Labute approximate surface area is 220 Å². The van der Waals surface area contributed by atoms with Crippen LogP contribution in [0.1, 0.15) is 37.4 Å². The predicted molar refractivity (Wildman–Crippen MR) is 139 cm³/mol. The number of aromatic nitrogens is 5. The number of nitrogens with one attached hydrogen (secondary N) is 4. The number of amides is 1. The standard InChI is InChI=1S/C25H33FN10O2/c1-16-10-20(31-21-11-17(2)33-34-21)32-24(30-16)35-8-6-25(38-3,7-9-35)23(37)28-13-18-4-5-22(27-12-18)36-15-19(26)14-29-36/h4-5,10,12,14-15,17,21,33-34H,6-9,11,13H2,1-3H3,(H,28,37)(H,30,31,32). The zero-order chi connectivity index (χ0) is 26.7. The van der Waals surface area contributed by atoms with Crippen molar-refractivity contribution in [3.8, 4) is 5.82 Å². The number of hydrazine groups is 1. The lowest BCUT2D eigenvalue weighted by Gasteiger charge is -2.39. The third-order valence-electron chi connectivity index (χ3n) is 6.96. The van der Waals surface area contributed by atoms with Gasteiger partial charge in [-0.15, -0.1) is 0 Å². The number of piperidine rings is 1. The molecule has 5 rings (SSSR count). The summed E-state index contributed by atoms with van der Waals surface area (Å²) in [4.78, 5) is 29.0. The molecule has 202 valence electrons. The van der Waals surface area contributed by atoms with Crippen LogP contribution in [0.3, 0.4) is 0 Å². The monoisotopic (exact) mass is 524 g/mol. The van der Waals surface area contributed by atoms with Gasteiger partial charge in [0.25, 0.3) is 5.91 Å². The lowest BCUT2D eigenvalue weighted by atomic mass is 9.90. The van der Waals surface area contributed by atoms with Crippen LogP contribution in [0.4, 0.5) is 16.2 Å². The third-order valence-corrected chi connectivity index (χ3v) is 6.96. The molecule has 5 heterocycles. The Kier molecular flexibility index (Phi) is 7.49. The summed E-state index contributed by atoms with van der Waals surface area (Å²) in [7, 11) is 1.57. The molecule has 0 bridgehead atoms. The number of ether oxygens (including phenoxy) is 1. The minimum atomic E-state index is -0.934. The number of carbonyl (C=O) groups is 1. The Morgan fingerprint density at radius 1 is 1.24 bits per heavy atom. The van der Waals surface area contributed by atoms with Crippen molar-refractivity contribution in [3.63, 3.8) is 0 Å². The molecule has 0 aliphatic carbocycles. The van der Waals surface area contributed by atoms with Crippen molar-refractivity contribution in [2.24, 2.45) is 0 Å². The van der Waals surface area contributed by atoms with Crippen molar-refractivity contribution in [2.45, 2.75) is 57.5 Å². The van der Waals surface area contributed by atoms with Crippen LogP contribution in [0.25, 0.3) is 5.82 Å². The molecule has 4 N–H and O–H groups in total. The average molecular weight is 525 g/mol. The summed E-state index contributed by atoms with van der Waals surface area (Å²) in [5, 5.41) is 10.3. The Hall–Kier alpha value is -3.68. The van der Waals surface area contributed by atoms with Crippen LogP contribution in [-0.4, -0.2) is 68.6 Å². The van der Waals surface area contributed by atoms with E-state index in [1.807, 2.05) is 19.1 Å². The highest BCUT2D eigenvalue weighted by Gasteiger charge is 2.42. The highest BCUT2D eigenvalue weighted by Crippen LogP contribution is 2.29. The van der Waals surface area contributed by atoms with Gasteiger partial charge in [0.05, 0.1) is 18.6 Å². The molecule has 0 radical (unpaired) electrons. The van der Waals surface area contributed by atoms with Gasteiger partial charge in [-0.25, -0.2) is 24.5 Å². The smallest absolute Gasteiger partial charge is 0.252 e. The molecule has 2 fully saturated rings. The number of pyridine rings is 1. The van der Waals surface area contributed by atoms with Gasteiger partial charge in [-0.2, -0.15) is 10.1 Å². The van der Waals surface area contributed by atoms with Gasteiger partial charge in [0, 0.05) is 63.6 Å². The molecule has 2 atom stereocenters. The molecule has 2 aliphatic rings. The lowest BCUT2D eigenvalue weighted by molar-refractivity contribution is -0.146. The summed E-state index contributed by atoms with van der Waals surface area (Å²) in [5.41, 5.74) is 7.17. The summed E-state index contributed by atoms with van der Waals surface area (Å²) >= 11 is 0. The van der Waals surface area contributed by atoms with Crippen molar-refractivity contribution in [2.75, 3.05) is 30.4 Å². The number of nitrogens with zero attached hydrogens (tertiary/aromatic N) is 6. The number of carbonyl (C=O) groups excluding carboxylic acids is 1. The molecule has 2 aliphatic heterocycles. The van der Waals surface area contributed by atoms with E-state index in [-0.39, 0.29) is 12.1 Å². The van der Waals surface area contributed by atoms with E-state index in [1.54, 1.807) is 19.4 Å². The maximum Gasteiger partial charge on any atom is 0.252 e. The Balaban J connectivity index is 1.17. The number of rotatable bonds is 8. The van der Waals surface area contributed by atoms with Crippen molar-refractivity contribution in [1.29, 1.82) is 0 Å². The summed E-state index contributed by atoms with van der Waals surface area (Å²) in [5.74, 6) is 1.30. The number of hydrogen-bond donors (Lipinski definition) is 4. The van der Waals surface area contributed by atoms with Crippen LogP contribution < -0.4 is 26.4 Å². The van der Waals surface area contributed by atoms with Gasteiger partial charge in [0.2, 0.25) is 5.95 Å². The fourth-order valence-corrected chi connectivity index (χ4v) is 4.77. The number of aryl methyl sites for hydroxylation is 1. The zero-order valence-electron chi connectivity index (χ0n) is 21.7. The Morgan fingerprint density at radius 2 is 2.05 bits per heavy atom. The zero-order valence-corrected chi connectivity index (χ0v) is 21.7. The second-order valence-corrected chi connectivity index (χ2v) is 9.81. The highest BCUT2D eigenvalue weighted by molar-refractivity contribution is 5.85. The highest BCUT2D eigenvalue weighted by atomic mass is 19.1. The van der Waals surface area contributed by atoms with E-state index < -0.39 is 11.4 Å². The van der Waals surface area contributed by atoms with Crippen LogP contribution in [-0.2, 0) is 16.1 Å². The second kappa shape index (κ2) is 11.0. The number of methoxy groups -OCH3 is 1. The maximum atomic E-state index is 13.2. The van der Waals surface area contributed by atoms with E-state index in [2.05, 4.69) is 48.4 Å². The molecule has 2 unspecified atom stereocenters. The van der Waals surface area contributed by atoms with Crippen LogP contribution in [0.5, 0.6) is 0 Å². The second-order valence-electron chi connectivity index (χ2n) is 9.81. The fourth-order valence-electron chi connectivity index (χ4n) is 4.77. The largest absolute Gasteiger partial charge is 0.368 e. The minimum absolute atomic E-state index is 0.0957. The Bertz CT molecular complexity index is 1260. The van der Waals surface area contributed by atoms with Crippen molar-refractivity contribution in [3.05, 3.63) is 53.9 Å². The molecule has 13 heteroatoms. The van der Waals surface area contributed by atoms with E-state index >= 15 is 0 Å². The van der Waals surface area contributed by atoms with E-state index in [9.17, 15) is 9.18 Å². The Morgan fingerprint density at radius 3 is 2.68 bits per heavy atom. The van der Waals surface area contributed by atoms with Crippen molar-refractivity contribution >= 4 is 17.7 Å². The quantitative estimate of drug-likeness (QED) is 0.343. The first-order valence-electron chi connectivity index (χ1n) is 12.7. The number of hydrogen-bond acceptors (Lipinski definition) is 10. The normalized spacial score (nSPS) is 20.9. The molecule has 38 heavy (non-hydrogen) atoms. The first-order chi connectivity index (χ1) is 18.3. The van der Waals surface area contributed by atoms with Gasteiger partial charge in [0.15, 0.2) is 11.6 Å². The van der Waals surface area contributed by atoms with Gasteiger partial charge in [-0.1, -0.05) is 6.07 Å². The van der Waals surface area contributed by atoms with Crippen LogP contribution in [0.2, 0.25) is 0 Å². The van der Waals surface area contributed by atoms with Gasteiger partial charge in [-0.3, -0.25) is 10.2 Å². The summed E-state index contributed by atoms with van der Waals surface area (Å²) in [6.07, 6.45) is 6.05. The molecule has 0 spiro atoms. The molecular weight excluding hydrogens is 491 g/mol. The lowest BCUT2D eigenvalue weighted by Crippen LogP contribution is -2.55. The van der Waals surface area contributed by atoms with Crippen LogP contribution in [0, 0.1) is 12.7 Å². The molecule has 3 aromatic heterocycles. The van der Waals surface area contributed by atoms with Crippen molar-refractivity contribution < 1.29 is 13.9 Å². The topological polar surface area (TPSA) is 134 Å². The number of anilines is 2. The van der Waals surface area contributed by atoms with Gasteiger partial charge < -0.3 is 20.3 Å². The molecule has 0 aromatic carbocycles. The summed E-state index contributed by atoms with van der Waals surface area (Å²) in [6, 6.07) is 5.86. The summed E-state index contributed by atoms with van der Waals surface area (Å²) in [6.45, 7) is 5.54. The van der Waals surface area contributed by atoms with E-state index in [1.165, 1.54) is 10.9 Å². The molecule has 2 saturated heterocycles. The molecule has 1 amide bonds. The predicted octanol–water partition coefficient (Wildman–Crippen LogP) is 1.43. The minimum Gasteiger partial charge on any atom is -0.368 e. The van der Waals surface area contributed by atoms with Crippen molar-refractivity contribution in [1.82, 2.24) is 40.9 Å². The first kappa shape index (κ1) is 25.9. The fraction of sp³-hybridized carbons (Fsp3) is 0.480. The molecular formula is C25H33FN10O2. The maximum absolute atomic E-state index is 13.2. The van der Waals surface area contributed by atoms with E-state index in [4.69, 9.17) is 9.72 Å². The average Bonchev–Trinajstić information content (AvgIpc) is 3.54. The van der Waals surface area contributed by atoms with Gasteiger partial charge in [-0.05, 0) is 31.9 Å². The van der Waals surface area contributed by atoms with E-state index in [0.29, 0.717) is 50.3 Å². The molecule has 3 aromatic rings. The molecule has 12 nitrogen and oxygen atoms in total. The summed E-state index contributed by atoms with van der Waals surface area (Å²) < 4.78 is 20.3. The third kappa shape index (κ3) is 5.74.